The summed E-state index contributed by atoms with van der Waals surface area (Å²) < 4.78 is 16.8. The largest absolute Gasteiger partial charge is 0.379 e. The van der Waals surface area contributed by atoms with Crippen molar-refractivity contribution < 1.29 is 18.8 Å². The van der Waals surface area contributed by atoms with Gasteiger partial charge in [-0.2, -0.15) is 0 Å². The van der Waals surface area contributed by atoms with Gasteiger partial charge in [0.25, 0.3) is 0 Å². The van der Waals surface area contributed by atoms with Crippen molar-refractivity contribution in [1.29, 1.82) is 0 Å². The maximum absolute atomic E-state index is 12.5. The number of benzene rings is 1. The van der Waals surface area contributed by atoms with Crippen LogP contribution in [0.15, 0.2) is 53.2 Å². The van der Waals surface area contributed by atoms with E-state index in [-0.39, 0.29) is 24.5 Å². The van der Waals surface area contributed by atoms with E-state index in [0.29, 0.717) is 31.1 Å². The Balaban J connectivity index is 1.36. The van der Waals surface area contributed by atoms with Gasteiger partial charge in [-0.1, -0.05) is 23.4 Å². The first-order chi connectivity index (χ1) is 13.3. The van der Waals surface area contributed by atoms with Gasteiger partial charge in [-0.3, -0.25) is 9.78 Å². The lowest BCUT2D eigenvalue weighted by atomic mass is 10.1. The van der Waals surface area contributed by atoms with Crippen molar-refractivity contribution in [2.24, 2.45) is 0 Å². The number of hydrogen-bond acceptors (Lipinski definition) is 6. The topological polar surface area (TPSA) is 86.5 Å². The zero-order valence-corrected chi connectivity index (χ0v) is 14.8. The first kappa shape index (κ1) is 17.6. The number of rotatable bonds is 6. The molecule has 3 aromatic rings. The molecule has 140 valence electrons. The van der Waals surface area contributed by atoms with Crippen molar-refractivity contribution in [1.82, 2.24) is 15.5 Å². The van der Waals surface area contributed by atoms with E-state index >= 15 is 0 Å². The fourth-order valence-corrected chi connectivity index (χ4v) is 3.20. The first-order valence-electron chi connectivity index (χ1n) is 9.01. The lowest BCUT2D eigenvalue weighted by Crippen LogP contribution is -2.50. The molecule has 7 heteroatoms. The Morgan fingerprint density at radius 1 is 1.22 bits per heavy atom. The molecule has 2 aromatic heterocycles. The number of nitrogens with one attached hydrogen (secondary N) is 1. The van der Waals surface area contributed by atoms with E-state index in [0.717, 1.165) is 17.5 Å². The summed E-state index contributed by atoms with van der Waals surface area (Å²) in [5, 5.41) is 7.89. The maximum atomic E-state index is 12.5. The van der Waals surface area contributed by atoms with Gasteiger partial charge in [-0.05, 0) is 30.7 Å². The minimum atomic E-state index is -0.201. The summed E-state index contributed by atoms with van der Waals surface area (Å²) in [6, 6.07) is 13.0. The van der Waals surface area contributed by atoms with Crippen LogP contribution in [0.4, 0.5) is 0 Å². The highest BCUT2D eigenvalue weighted by atomic mass is 16.5. The molecule has 1 saturated heterocycles. The minimum absolute atomic E-state index is 0.112. The molecule has 0 unspecified atom stereocenters. The zero-order valence-electron chi connectivity index (χ0n) is 14.8. The standard InChI is InChI=1S/C20H21N3O4/c24-20(11-16-15-6-1-2-7-18(15)27-23-16)22-17-13-25-10-8-19(17)26-12-14-5-3-4-9-21-14/h1-7,9,17,19H,8,10-13H2,(H,22,24)/t17-,19+/m1/s1. The number of hydrogen-bond donors (Lipinski definition) is 1. The van der Waals surface area contributed by atoms with Crippen molar-refractivity contribution >= 4 is 16.9 Å². The average molecular weight is 367 g/mol. The Kier molecular flexibility index (Phi) is 5.41. The molecule has 1 fully saturated rings. The van der Waals surface area contributed by atoms with Crippen LogP contribution in [0, 0.1) is 0 Å². The molecule has 0 radical (unpaired) electrons. The predicted octanol–water partition coefficient (Wildman–Crippen LogP) is 2.26. The number of carbonyl (C=O) groups excluding carboxylic acids is 1. The van der Waals surface area contributed by atoms with E-state index in [9.17, 15) is 4.79 Å². The number of para-hydroxylation sites is 1. The molecule has 3 heterocycles. The summed E-state index contributed by atoms with van der Waals surface area (Å²) in [5.74, 6) is -0.129. The molecule has 1 aromatic carbocycles. The monoisotopic (exact) mass is 367 g/mol. The molecule has 4 rings (SSSR count). The van der Waals surface area contributed by atoms with Crippen molar-refractivity contribution in [2.45, 2.75) is 31.6 Å². The summed E-state index contributed by atoms with van der Waals surface area (Å²) >= 11 is 0. The molecule has 7 nitrogen and oxygen atoms in total. The van der Waals surface area contributed by atoms with Crippen LogP contribution in [0.2, 0.25) is 0 Å². The highest BCUT2D eigenvalue weighted by Crippen LogP contribution is 2.19. The Morgan fingerprint density at radius 2 is 2.11 bits per heavy atom. The molecule has 1 amide bonds. The lowest BCUT2D eigenvalue weighted by molar-refractivity contribution is -0.126. The van der Waals surface area contributed by atoms with Crippen molar-refractivity contribution in [2.75, 3.05) is 13.2 Å². The number of amides is 1. The molecule has 0 spiro atoms. The van der Waals surface area contributed by atoms with E-state index in [4.69, 9.17) is 14.0 Å². The van der Waals surface area contributed by atoms with E-state index in [1.165, 1.54) is 0 Å². The Labute approximate surface area is 156 Å². The number of fused-ring (bicyclic) bond motifs is 1. The van der Waals surface area contributed by atoms with Gasteiger partial charge >= 0.3 is 0 Å². The smallest absolute Gasteiger partial charge is 0.226 e. The molecular weight excluding hydrogens is 346 g/mol. The third-order valence-electron chi connectivity index (χ3n) is 4.59. The van der Waals surface area contributed by atoms with Crippen LogP contribution in [0.3, 0.4) is 0 Å². The fraction of sp³-hybridized carbons (Fsp3) is 0.350. The zero-order chi connectivity index (χ0) is 18.5. The highest BCUT2D eigenvalue weighted by Gasteiger charge is 2.28. The van der Waals surface area contributed by atoms with Gasteiger partial charge in [0.15, 0.2) is 5.58 Å². The van der Waals surface area contributed by atoms with Crippen LogP contribution in [0.25, 0.3) is 11.0 Å². The van der Waals surface area contributed by atoms with Crippen molar-refractivity contribution in [3.05, 3.63) is 60.0 Å². The van der Waals surface area contributed by atoms with Crippen LogP contribution in [-0.2, 0) is 27.3 Å². The Morgan fingerprint density at radius 3 is 3.00 bits per heavy atom. The van der Waals surface area contributed by atoms with E-state index in [1.54, 1.807) is 6.20 Å². The summed E-state index contributed by atoms with van der Waals surface area (Å²) in [5.41, 5.74) is 2.17. The van der Waals surface area contributed by atoms with E-state index in [2.05, 4.69) is 15.5 Å². The maximum Gasteiger partial charge on any atom is 0.226 e. The second kappa shape index (κ2) is 8.28. The SMILES string of the molecule is O=C(Cc1noc2ccccc12)N[C@@H]1COCC[C@@H]1OCc1ccccn1. The molecule has 1 N–H and O–H groups in total. The average Bonchev–Trinajstić information content (AvgIpc) is 3.11. The van der Waals surface area contributed by atoms with Crippen LogP contribution in [0.1, 0.15) is 17.8 Å². The first-order valence-corrected chi connectivity index (χ1v) is 9.01. The van der Waals surface area contributed by atoms with Gasteiger partial charge in [-0.25, -0.2) is 0 Å². The molecule has 0 aliphatic carbocycles. The number of ether oxygens (including phenoxy) is 2. The number of nitrogens with zero attached hydrogens (tertiary/aromatic N) is 2. The third-order valence-corrected chi connectivity index (χ3v) is 4.59. The van der Waals surface area contributed by atoms with Gasteiger partial charge in [0.2, 0.25) is 5.91 Å². The summed E-state index contributed by atoms with van der Waals surface area (Å²) in [7, 11) is 0. The molecule has 0 bridgehead atoms. The summed E-state index contributed by atoms with van der Waals surface area (Å²) in [4.78, 5) is 16.8. The summed E-state index contributed by atoms with van der Waals surface area (Å²) in [6.07, 6.45) is 2.51. The predicted molar refractivity (Wildman–Crippen MR) is 97.9 cm³/mol. The van der Waals surface area contributed by atoms with E-state index in [1.807, 2.05) is 42.5 Å². The Hall–Kier alpha value is -2.77. The van der Waals surface area contributed by atoms with Crippen molar-refractivity contribution in [3.8, 4) is 0 Å². The Bertz CT molecular complexity index is 896. The number of aromatic nitrogens is 2. The lowest BCUT2D eigenvalue weighted by Gasteiger charge is -2.32. The van der Waals surface area contributed by atoms with Gasteiger partial charge in [0.1, 0.15) is 5.69 Å². The highest BCUT2D eigenvalue weighted by molar-refractivity contribution is 5.86. The van der Waals surface area contributed by atoms with Gasteiger partial charge in [0.05, 0.1) is 37.5 Å². The fourth-order valence-electron chi connectivity index (χ4n) is 3.20. The molecule has 1 aliphatic heterocycles. The van der Waals surface area contributed by atoms with Crippen LogP contribution in [0.5, 0.6) is 0 Å². The summed E-state index contributed by atoms with van der Waals surface area (Å²) in [6.45, 7) is 1.46. The quantitative estimate of drug-likeness (QED) is 0.719. The third kappa shape index (κ3) is 4.32. The van der Waals surface area contributed by atoms with Gasteiger partial charge < -0.3 is 19.3 Å². The van der Waals surface area contributed by atoms with Crippen LogP contribution in [-0.4, -0.2) is 41.4 Å². The number of pyridine rings is 1. The number of carbonyl (C=O) groups is 1. The molecule has 2 atom stereocenters. The van der Waals surface area contributed by atoms with Gasteiger partial charge in [0, 0.05) is 18.2 Å². The van der Waals surface area contributed by atoms with Crippen molar-refractivity contribution in [3.63, 3.8) is 0 Å². The molecule has 1 aliphatic rings. The van der Waals surface area contributed by atoms with Crippen LogP contribution >= 0.6 is 0 Å². The molecule has 27 heavy (non-hydrogen) atoms. The second-order valence-corrected chi connectivity index (χ2v) is 6.51. The van der Waals surface area contributed by atoms with E-state index < -0.39 is 0 Å². The van der Waals surface area contributed by atoms with Crippen LogP contribution < -0.4 is 5.32 Å². The van der Waals surface area contributed by atoms with Gasteiger partial charge in [-0.15, -0.1) is 0 Å². The normalized spacial score (nSPS) is 19.9. The minimum Gasteiger partial charge on any atom is -0.379 e. The second-order valence-electron chi connectivity index (χ2n) is 6.51. The molecule has 0 saturated carbocycles. The molecular formula is C20H21N3O4.